The molecule has 0 aliphatic heterocycles. The van der Waals surface area contributed by atoms with Crippen LogP contribution in [0.3, 0.4) is 0 Å². The predicted octanol–water partition coefficient (Wildman–Crippen LogP) is 4.26. The molecule has 19 heavy (non-hydrogen) atoms. The molecule has 1 aromatic rings. The molecular formula is C16H27NOS. The highest BCUT2D eigenvalue weighted by Crippen LogP contribution is 2.25. The highest BCUT2D eigenvalue weighted by Gasteiger charge is 2.23. The van der Waals surface area contributed by atoms with Gasteiger partial charge in [-0.05, 0) is 30.7 Å². The van der Waals surface area contributed by atoms with E-state index in [-0.39, 0.29) is 12.1 Å². The monoisotopic (exact) mass is 281 g/mol. The third kappa shape index (κ3) is 4.59. The second-order valence-corrected chi connectivity index (χ2v) is 6.66. The molecule has 0 radical (unpaired) electrons. The molecule has 0 bridgehead atoms. The SMILES string of the molecule is CCC(NC1CCCCCCC1)C(O)c1cccs1. The van der Waals surface area contributed by atoms with Crippen molar-refractivity contribution in [1.82, 2.24) is 5.32 Å². The van der Waals surface area contributed by atoms with Crippen LogP contribution in [0.2, 0.25) is 0 Å². The average molecular weight is 281 g/mol. The van der Waals surface area contributed by atoms with E-state index in [9.17, 15) is 5.11 Å². The predicted molar refractivity (Wildman–Crippen MR) is 82.6 cm³/mol. The summed E-state index contributed by atoms with van der Waals surface area (Å²) < 4.78 is 0. The second-order valence-electron chi connectivity index (χ2n) is 5.68. The van der Waals surface area contributed by atoms with E-state index in [2.05, 4.69) is 12.2 Å². The highest BCUT2D eigenvalue weighted by atomic mass is 32.1. The van der Waals surface area contributed by atoms with Crippen LogP contribution in [0.25, 0.3) is 0 Å². The van der Waals surface area contributed by atoms with Crippen molar-refractivity contribution in [3.63, 3.8) is 0 Å². The normalized spacial score (nSPS) is 21.6. The fourth-order valence-corrected chi connectivity index (χ4v) is 3.79. The van der Waals surface area contributed by atoms with Crippen LogP contribution in [0.1, 0.15) is 69.3 Å². The van der Waals surface area contributed by atoms with Gasteiger partial charge in [0.05, 0.1) is 0 Å². The van der Waals surface area contributed by atoms with Crippen molar-refractivity contribution in [3.8, 4) is 0 Å². The van der Waals surface area contributed by atoms with Crippen LogP contribution >= 0.6 is 11.3 Å². The molecule has 1 aromatic heterocycles. The molecule has 1 aliphatic carbocycles. The molecule has 0 aromatic carbocycles. The molecule has 2 atom stereocenters. The van der Waals surface area contributed by atoms with Crippen molar-refractivity contribution in [2.24, 2.45) is 0 Å². The van der Waals surface area contributed by atoms with E-state index in [1.165, 1.54) is 44.9 Å². The summed E-state index contributed by atoms with van der Waals surface area (Å²) in [6, 6.07) is 4.85. The Morgan fingerprint density at radius 1 is 1.26 bits per heavy atom. The molecule has 2 rings (SSSR count). The maximum atomic E-state index is 10.5. The Morgan fingerprint density at radius 2 is 1.95 bits per heavy atom. The summed E-state index contributed by atoms with van der Waals surface area (Å²) in [7, 11) is 0. The van der Waals surface area contributed by atoms with Gasteiger partial charge in [-0.25, -0.2) is 0 Å². The van der Waals surface area contributed by atoms with Gasteiger partial charge < -0.3 is 10.4 Å². The Balaban J connectivity index is 1.89. The lowest BCUT2D eigenvalue weighted by atomic mass is 9.95. The van der Waals surface area contributed by atoms with Gasteiger partial charge >= 0.3 is 0 Å². The molecule has 2 unspecified atom stereocenters. The van der Waals surface area contributed by atoms with Gasteiger partial charge in [0, 0.05) is 17.0 Å². The van der Waals surface area contributed by atoms with Gasteiger partial charge in [0.1, 0.15) is 6.10 Å². The lowest BCUT2D eigenvalue weighted by Gasteiger charge is -2.29. The van der Waals surface area contributed by atoms with Crippen molar-refractivity contribution in [2.75, 3.05) is 0 Å². The molecule has 1 aliphatic rings. The number of hydrogen-bond donors (Lipinski definition) is 2. The van der Waals surface area contributed by atoms with Crippen LogP contribution in [0.15, 0.2) is 17.5 Å². The van der Waals surface area contributed by atoms with Gasteiger partial charge in [0.15, 0.2) is 0 Å². The Labute approximate surface area is 121 Å². The van der Waals surface area contributed by atoms with Gasteiger partial charge in [-0.15, -0.1) is 11.3 Å². The van der Waals surface area contributed by atoms with Crippen LogP contribution in [0.5, 0.6) is 0 Å². The molecule has 108 valence electrons. The van der Waals surface area contributed by atoms with E-state index in [4.69, 9.17) is 0 Å². The fraction of sp³-hybridized carbons (Fsp3) is 0.750. The number of aliphatic hydroxyl groups is 1. The second kappa shape index (κ2) is 8.03. The third-order valence-corrected chi connectivity index (χ3v) is 5.15. The summed E-state index contributed by atoms with van der Waals surface area (Å²) in [4.78, 5) is 1.09. The summed E-state index contributed by atoms with van der Waals surface area (Å²) in [6.07, 6.45) is 10.0. The van der Waals surface area contributed by atoms with Gasteiger partial charge in [-0.1, -0.05) is 45.1 Å². The Bertz CT molecular complexity index is 331. The average Bonchev–Trinajstić information content (AvgIpc) is 2.91. The molecule has 2 nitrogen and oxygen atoms in total. The van der Waals surface area contributed by atoms with Crippen molar-refractivity contribution >= 4 is 11.3 Å². The van der Waals surface area contributed by atoms with E-state index in [1.807, 2.05) is 17.5 Å². The van der Waals surface area contributed by atoms with Gasteiger partial charge in [-0.3, -0.25) is 0 Å². The summed E-state index contributed by atoms with van der Waals surface area (Å²) in [6.45, 7) is 2.16. The number of hydrogen-bond acceptors (Lipinski definition) is 3. The minimum Gasteiger partial charge on any atom is -0.386 e. The largest absolute Gasteiger partial charge is 0.386 e. The third-order valence-electron chi connectivity index (χ3n) is 4.21. The van der Waals surface area contributed by atoms with Gasteiger partial charge in [0.2, 0.25) is 0 Å². The quantitative estimate of drug-likeness (QED) is 0.845. The Morgan fingerprint density at radius 3 is 2.53 bits per heavy atom. The van der Waals surface area contributed by atoms with E-state index in [0.29, 0.717) is 6.04 Å². The smallest absolute Gasteiger partial charge is 0.103 e. The number of thiophene rings is 1. The van der Waals surface area contributed by atoms with E-state index >= 15 is 0 Å². The molecule has 0 saturated heterocycles. The Kier molecular flexibility index (Phi) is 6.35. The molecule has 0 amide bonds. The highest BCUT2D eigenvalue weighted by molar-refractivity contribution is 7.10. The summed E-state index contributed by atoms with van der Waals surface area (Å²) in [5.74, 6) is 0. The zero-order valence-corrected chi connectivity index (χ0v) is 12.8. The van der Waals surface area contributed by atoms with Crippen molar-refractivity contribution in [3.05, 3.63) is 22.4 Å². The molecule has 1 saturated carbocycles. The van der Waals surface area contributed by atoms with Crippen LogP contribution in [0.4, 0.5) is 0 Å². The van der Waals surface area contributed by atoms with Crippen LogP contribution in [-0.2, 0) is 0 Å². The first-order valence-electron chi connectivity index (χ1n) is 7.78. The van der Waals surface area contributed by atoms with Crippen molar-refractivity contribution in [1.29, 1.82) is 0 Å². The molecule has 2 N–H and O–H groups in total. The maximum absolute atomic E-state index is 10.5. The minimum absolute atomic E-state index is 0.197. The van der Waals surface area contributed by atoms with E-state index in [0.717, 1.165) is 11.3 Å². The molecule has 0 spiro atoms. The lowest BCUT2D eigenvalue weighted by molar-refractivity contribution is 0.119. The first-order valence-corrected chi connectivity index (χ1v) is 8.66. The maximum Gasteiger partial charge on any atom is 0.103 e. The van der Waals surface area contributed by atoms with E-state index < -0.39 is 0 Å². The van der Waals surface area contributed by atoms with Crippen molar-refractivity contribution in [2.45, 2.75) is 76.5 Å². The fourth-order valence-electron chi connectivity index (χ4n) is 3.02. The topological polar surface area (TPSA) is 32.3 Å². The summed E-state index contributed by atoms with van der Waals surface area (Å²) >= 11 is 1.65. The van der Waals surface area contributed by atoms with Crippen LogP contribution in [0, 0.1) is 0 Å². The standard InChI is InChI=1S/C16H27NOS/c1-2-14(16(18)15-11-8-12-19-15)17-13-9-6-4-3-5-7-10-13/h8,11-14,16-18H,2-7,9-10H2,1H3. The molecule has 1 fully saturated rings. The number of rotatable bonds is 5. The summed E-state index contributed by atoms with van der Waals surface area (Å²) in [5, 5.41) is 16.2. The lowest BCUT2D eigenvalue weighted by Crippen LogP contribution is -2.41. The molecular weight excluding hydrogens is 254 g/mol. The van der Waals surface area contributed by atoms with Gasteiger partial charge in [0.25, 0.3) is 0 Å². The summed E-state index contributed by atoms with van der Waals surface area (Å²) in [5.41, 5.74) is 0. The van der Waals surface area contributed by atoms with Crippen LogP contribution < -0.4 is 5.32 Å². The van der Waals surface area contributed by atoms with E-state index in [1.54, 1.807) is 11.3 Å². The molecule has 1 heterocycles. The minimum atomic E-state index is -0.351. The number of aliphatic hydroxyl groups excluding tert-OH is 1. The first kappa shape index (κ1) is 15.0. The zero-order chi connectivity index (χ0) is 13.5. The van der Waals surface area contributed by atoms with Crippen LogP contribution in [-0.4, -0.2) is 17.2 Å². The van der Waals surface area contributed by atoms with Crippen molar-refractivity contribution < 1.29 is 5.11 Å². The number of nitrogens with one attached hydrogen (secondary N) is 1. The Hall–Kier alpha value is -0.380. The zero-order valence-electron chi connectivity index (χ0n) is 12.0. The first-order chi connectivity index (χ1) is 9.31. The molecule has 3 heteroatoms. The van der Waals surface area contributed by atoms with Gasteiger partial charge in [-0.2, -0.15) is 0 Å².